The van der Waals surface area contributed by atoms with Crippen molar-refractivity contribution in [2.75, 3.05) is 18.8 Å². The molecule has 2 N–H and O–H groups in total. The van der Waals surface area contributed by atoms with E-state index in [0.29, 0.717) is 12.4 Å². The van der Waals surface area contributed by atoms with Crippen LogP contribution in [0.25, 0.3) is 5.65 Å². The number of aryl methyl sites for hydroxylation is 1. The minimum Gasteiger partial charge on any atom is -0.444 e. The standard InChI is InChI=1S/C18H27N5O2/c1-5-12-10-20-23-15(19)9-14(21-16(12)23)13-7-6-8-22(11-13)17(24)25-18(2,3)4/h9-10,13H,5-8,11,19H2,1-4H3. The highest BCUT2D eigenvalue weighted by Crippen LogP contribution is 2.28. The largest absolute Gasteiger partial charge is 0.444 e. The Kier molecular flexibility index (Phi) is 4.58. The van der Waals surface area contributed by atoms with Crippen LogP contribution in [0.1, 0.15) is 57.7 Å². The summed E-state index contributed by atoms with van der Waals surface area (Å²) in [5.41, 5.74) is 8.49. The summed E-state index contributed by atoms with van der Waals surface area (Å²) >= 11 is 0. The summed E-state index contributed by atoms with van der Waals surface area (Å²) in [6.45, 7) is 9.05. The van der Waals surface area contributed by atoms with Crippen molar-refractivity contribution in [3.8, 4) is 0 Å². The highest BCUT2D eigenvalue weighted by molar-refractivity contribution is 5.68. The lowest BCUT2D eigenvalue weighted by Crippen LogP contribution is -2.42. The van der Waals surface area contributed by atoms with Crippen LogP contribution in [-0.4, -0.2) is 44.3 Å². The molecule has 2 aromatic rings. The van der Waals surface area contributed by atoms with Gasteiger partial charge in [-0.1, -0.05) is 6.92 Å². The van der Waals surface area contributed by atoms with E-state index in [1.54, 1.807) is 9.42 Å². The molecule has 1 aliphatic rings. The summed E-state index contributed by atoms with van der Waals surface area (Å²) < 4.78 is 7.18. The first-order valence-electron chi connectivity index (χ1n) is 8.89. The molecule has 3 rings (SSSR count). The van der Waals surface area contributed by atoms with E-state index in [1.807, 2.05) is 33.0 Å². The maximum absolute atomic E-state index is 12.4. The van der Waals surface area contributed by atoms with Crippen LogP contribution in [0.3, 0.4) is 0 Å². The number of anilines is 1. The maximum Gasteiger partial charge on any atom is 0.410 e. The van der Waals surface area contributed by atoms with E-state index < -0.39 is 5.60 Å². The number of hydrogen-bond acceptors (Lipinski definition) is 5. The van der Waals surface area contributed by atoms with Crippen molar-refractivity contribution >= 4 is 17.6 Å². The van der Waals surface area contributed by atoms with Gasteiger partial charge in [0.15, 0.2) is 5.65 Å². The van der Waals surface area contributed by atoms with Gasteiger partial charge in [-0.25, -0.2) is 9.78 Å². The Labute approximate surface area is 148 Å². The summed E-state index contributed by atoms with van der Waals surface area (Å²) in [5.74, 6) is 0.738. The van der Waals surface area contributed by atoms with Crippen molar-refractivity contribution in [2.24, 2.45) is 0 Å². The van der Waals surface area contributed by atoms with Gasteiger partial charge in [0.05, 0.1) is 11.9 Å². The number of ether oxygens (including phenoxy) is 1. The van der Waals surface area contributed by atoms with Crippen LogP contribution < -0.4 is 5.73 Å². The molecule has 136 valence electrons. The molecule has 0 aromatic carbocycles. The number of carbonyl (C=O) groups is 1. The Bertz CT molecular complexity index is 778. The van der Waals surface area contributed by atoms with Gasteiger partial charge in [-0.05, 0) is 40.0 Å². The van der Waals surface area contributed by atoms with Gasteiger partial charge in [0.25, 0.3) is 0 Å². The number of rotatable bonds is 2. The third kappa shape index (κ3) is 3.70. The first-order chi connectivity index (χ1) is 11.8. The van der Waals surface area contributed by atoms with Gasteiger partial charge < -0.3 is 15.4 Å². The SMILES string of the molecule is CCc1cnn2c(N)cc(C3CCCN(C(=O)OC(C)(C)C)C3)nc12. The third-order valence-corrected chi connectivity index (χ3v) is 4.46. The van der Waals surface area contributed by atoms with Gasteiger partial charge in [-0.2, -0.15) is 9.61 Å². The predicted octanol–water partition coefficient (Wildman–Crippen LogP) is 2.99. The average Bonchev–Trinajstić information content (AvgIpc) is 2.97. The number of nitrogens with zero attached hydrogens (tertiary/aromatic N) is 4. The van der Waals surface area contributed by atoms with Crippen LogP contribution >= 0.6 is 0 Å². The molecule has 25 heavy (non-hydrogen) atoms. The van der Waals surface area contributed by atoms with E-state index in [4.69, 9.17) is 15.5 Å². The summed E-state index contributed by atoms with van der Waals surface area (Å²) in [6.07, 6.45) is 4.32. The van der Waals surface area contributed by atoms with Crippen LogP contribution in [0.5, 0.6) is 0 Å². The molecule has 7 nitrogen and oxygen atoms in total. The fourth-order valence-corrected chi connectivity index (χ4v) is 3.22. The summed E-state index contributed by atoms with van der Waals surface area (Å²) in [4.78, 5) is 19.0. The molecule has 1 amide bonds. The van der Waals surface area contributed by atoms with E-state index in [1.165, 1.54) is 0 Å². The fraction of sp³-hybridized carbons (Fsp3) is 0.611. The van der Waals surface area contributed by atoms with Gasteiger partial charge in [-0.3, -0.25) is 0 Å². The number of amides is 1. The van der Waals surface area contributed by atoms with E-state index >= 15 is 0 Å². The molecule has 0 aliphatic carbocycles. The topological polar surface area (TPSA) is 85.8 Å². The summed E-state index contributed by atoms with van der Waals surface area (Å²) in [7, 11) is 0. The molecular weight excluding hydrogens is 318 g/mol. The monoisotopic (exact) mass is 345 g/mol. The third-order valence-electron chi connectivity index (χ3n) is 4.46. The Hall–Kier alpha value is -2.31. The smallest absolute Gasteiger partial charge is 0.410 e. The highest BCUT2D eigenvalue weighted by atomic mass is 16.6. The first kappa shape index (κ1) is 17.5. The number of piperidine rings is 1. The summed E-state index contributed by atoms with van der Waals surface area (Å²) in [5, 5.41) is 4.30. The van der Waals surface area contributed by atoms with Crippen molar-refractivity contribution in [3.63, 3.8) is 0 Å². The number of fused-ring (bicyclic) bond motifs is 1. The molecule has 0 spiro atoms. The Morgan fingerprint density at radius 1 is 1.44 bits per heavy atom. The maximum atomic E-state index is 12.4. The lowest BCUT2D eigenvalue weighted by molar-refractivity contribution is 0.0197. The van der Waals surface area contributed by atoms with Gasteiger partial charge in [0.1, 0.15) is 11.4 Å². The quantitative estimate of drug-likeness (QED) is 0.904. The highest BCUT2D eigenvalue weighted by Gasteiger charge is 2.29. The van der Waals surface area contributed by atoms with Crippen LogP contribution in [0.15, 0.2) is 12.3 Å². The number of nitrogen functional groups attached to an aromatic ring is 1. The van der Waals surface area contributed by atoms with E-state index in [0.717, 1.165) is 42.7 Å². The molecule has 0 radical (unpaired) electrons. The molecule has 1 saturated heterocycles. The number of carbonyl (C=O) groups excluding carboxylic acids is 1. The molecule has 1 atom stereocenters. The van der Waals surface area contributed by atoms with Crippen molar-refractivity contribution in [2.45, 2.75) is 58.5 Å². The van der Waals surface area contributed by atoms with Crippen LogP contribution in [-0.2, 0) is 11.2 Å². The predicted molar refractivity (Wildman–Crippen MR) is 96.6 cm³/mol. The number of nitrogens with two attached hydrogens (primary N) is 1. The molecule has 7 heteroatoms. The van der Waals surface area contributed by atoms with Crippen LogP contribution in [0, 0.1) is 0 Å². The van der Waals surface area contributed by atoms with Crippen LogP contribution in [0.2, 0.25) is 0 Å². The van der Waals surface area contributed by atoms with E-state index in [-0.39, 0.29) is 12.0 Å². The van der Waals surface area contributed by atoms with Crippen molar-refractivity contribution in [1.29, 1.82) is 0 Å². The zero-order valence-corrected chi connectivity index (χ0v) is 15.5. The summed E-state index contributed by atoms with van der Waals surface area (Å²) in [6, 6.07) is 1.88. The molecular formula is C18H27N5O2. The van der Waals surface area contributed by atoms with Gasteiger partial charge >= 0.3 is 6.09 Å². The van der Waals surface area contributed by atoms with Gasteiger partial charge in [0.2, 0.25) is 0 Å². The second-order valence-electron chi connectivity index (χ2n) is 7.63. The zero-order chi connectivity index (χ0) is 18.2. The van der Waals surface area contributed by atoms with Gasteiger partial charge in [0, 0.05) is 30.6 Å². The molecule has 0 saturated carbocycles. The molecule has 1 unspecified atom stereocenters. The Balaban J connectivity index is 1.84. The molecule has 1 fully saturated rings. The lowest BCUT2D eigenvalue weighted by Gasteiger charge is -2.34. The van der Waals surface area contributed by atoms with Crippen LogP contribution in [0.4, 0.5) is 10.6 Å². The normalized spacial score (nSPS) is 18.6. The first-order valence-corrected chi connectivity index (χ1v) is 8.89. The average molecular weight is 345 g/mol. The molecule has 2 aromatic heterocycles. The minimum absolute atomic E-state index is 0.160. The zero-order valence-electron chi connectivity index (χ0n) is 15.5. The second-order valence-corrected chi connectivity index (χ2v) is 7.63. The Morgan fingerprint density at radius 3 is 2.88 bits per heavy atom. The number of aromatic nitrogens is 3. The van der Waals surface area contributed by atoms with Crippen molar-refractivity contribution < 1.29 is 9.53 Å². The second kappa shape index (κ2) is 6.54. The fourth-order valence-electron chi connectivity index (χ4n) is 3.22. The molecule has 1 aliphatic heterocycles. The van der Waals surface area contributed by atoms with Crippen molar-refractivity contribution in [3.05, 3.63) is 23.5 Å². The number of hydrogen-bond donors (Lipinski definition) is 1. The van der Waals surface area contributed by atoms with Crippen molar-refractivity contribution in [1.82, 2.24) is 19.5 Å². The Morgan fingerprint density at radius 2 is 2.20 bits per heavy atom. The van der Waals surface area contributed by atoms with E-state index in [2.05, 4.69) is 12.0 Å². The molecule has 3 heterocycles. The van der Waals surface area contributed by atoms with Gasteiger partial charge in [-0.15, -0.1) is 0 Å². The molecule has 0 bridgehead atoms. The van der Waals surface area contributed by atoms with E-state index in [9.17, 15) is 4.79 Å². The lowest BCUT2D eigenvalue weighted by atomic mass is 9.94. The number of likely N-dealkylation sites (tertiary alicyclic amines) is 1. The minimum atomic E-state index is -0.487.